The van der Waals surface area contributed by atoms with Crippen LogP contribution in [0.15, 0.2) is 72.8 Å². The lowest BCUT2D eigenvalue weighted by molar-refractivity contribution is -0.116. The van der Waals surface area contributed by atoms with Crippen LogP contribution in [-0.4, -0.2) is 29.5 Å². The van der Waals surface area contributed by atoms with Gasteiger partial charge >= 0.3 is 0 Å². The number of benzene rings is 3. The first-order valence-corrected chi connectivity index (χ1v) is 11.6. The van der Waals surface area contributed by atoms with E-state index in [-0.39, 0.29) is 5.91 Å². The van der Waals surface area contributed by atoms with Gasteiger partial charge in [0.05, 0.1) is 12.6 Å². The monoisotopic (exact) mass is 474 g/mol. The highest BCUT2D eigenvalue weighted by Crippen LogP contribution is 2.28. The fourth-order valence-electron chi connectivity index (χ4n) is 3.73. The van der Waals surface area contributed by atoms with Crippen molar-refractivity contribution in [2.24, 2.45) is 0 Å². The summed E-state index contributed by atoms with van der Waals surface area (Å²) in [7, 11) is 1.61. The van der Waals surface area contributed by atoms with E-state index in [1.807, 2.05) is 67.6 Å². The van der Waals surface area contributed by atoms with Gasteiger partial charge in [0.2, 0.25) is 5.91 Å². The lowest BCUT2D eigenvalue weighted by atomic mass is 10.1. The zero-order chi connectivity index (χ0) is 23.9. The van der Waals surface area contributed by atoms with Crippen molar-refractivity contribution in [2.45, 2.75) is 26.3 Å². The third-order valence-electron chi connectivity index (χ3n) is 5.50. The van der Waals surface area contributed by atoms with E-state index in [1.54, 1.807) is 7.11 Å². The van der Waals surface area contributed by atoms with E-state index in [9.17, 15) is 4.79 Å². The Morgan fingerprint density at radius 1 is 1.03 bits per heavy atom. The number of hydrogen-bond donors (Lipinski definition) is 1. The lowest BCUT2D eigenvalue weighted by Gasteiger charge is -2.25. The molecule has 1 aromatic heterocycles. The molecule has 0 fully saturated rings. The van der Waals surface area contributed by atoms with E-state index >= 15 is 0 Å². The highest BCUT2D eigenvalue weighted by atomic mass is 35.5. The number of carbonyl (C=O) groups is 1. The third-order valence-corrected chi connectivity index (χ3v) is 5.73. The molecule has 0 aliphatic rings. The van der Waals surface area contributed by atoms with Gasteiger partial charge in [-0.3, -0.25) is 4.79 Å². The Labute approximate surface area is 204 Å². The summed E-state index contributed by atoms with van der Waals surface area (Å²) in [6.07, 6.45) is 1.01. The van der Waals surface area contributed by atoms with Crippen molar-refractivity contribution in [3.8, 4) is 5.75 Å². The Bertz CT molecular complexity index is 1260. The number of fused-ring (bicyclic) bond motifs is 1. The number of nitrogens with one attached hydrogen (secondary N) is 1. The van der Waals surface area contributed by atoms with Crippen LogP contribution in [-0.2, 0) is 17.8 Å². The van der Waals surface area contributed by atoms with Crippen LogP contribution >= 0.6 is 11.6 Å². The van der Waals surface area contributed by atoms with Crippen LogP contribution in [0.2, 0.25) is 5.02 Å². The minimum Gasteiger partial charge on any atom is -0.497 e. The fourth-order valence-corrected chi connectivity index (χ4v) is 3.90. The first-order valence-electron chi connectivity index (χ1n) is 11.2. The number of anilines is 2. The average Bonchev–Trinajstić information content (AvgIpc) is 2.86. The van der Waals surface area contributed by atoms with Crippen molar-refractivity contribution in [3.05, 3.63) is 89.2 Å². The molecule has 174 valence electrons. The molecular weight excluding hydrogens is 448 g/mol. The van der Waals surface area contributed by atoms with Crippen molar-refractivity contribution in [1.29, 1.82) is 0 Å². The minimum absolute atomic E-state index is 0.0691. The number of hydrogen-bond acceptors (Lipinski definition) is 5. The normalized spacial score (nSPS) is 10.8. The molecule has 4 aromatic rings. The standard InChI is InChI=1S/C27H27ClN4O2/c1-3-25-30-24-17-20(28)9-14-23(24)27(31-25)32(18-19-7-5-4-6-8-19)16-15-26(33)29-21-10-12-22(34-2)13-11-21/h4-14,17H,3,15-16,18H2,1-2H3,(H,29,33). The largest absolute Gasteiger partial charge is 0.497 e. The summed E-state index contributed by atoms with van der Waals surface area (Å²) in [5.74, 6) is 2.22. The molecule has 0 aliphatic heterocycles. The second kappa shape index (κ2) is 11.0. The highest BCUT2D eigenvalue weighted by molar-refractivity contribution is 6.31. The van der Waals surface area contributed by atoms with Crippen LogP contribution in [0.3, 0.4) is 0 Å². The molecule has 1 N–H and O–H groups in total. The van der Waals surface area contributed by atoms with E-state index in [2.05, 4.69) is 27.3 Å². The van der Waals surface area contributed by atoms with Gasteiger partial charge in [-0.25, -0.2) is 9.97 Å². The van der Waals surface area contributed by atoms with Crippen LogP contribution in [0.1, 0.15) is 24.7 Å². The zero-order valence-corrected chi connectivity index (χ0v) is 20.0. The Kier molecular flexibility index (Phi) is 7.60. The van der Waals surface area contributed by atoms with E-state index in [0.717, 1.165) is 39.5 Å². The van der Waals surface area contributed by atoms with Crippen LogP contribution < -0.4 is 15.0 Å². The molecule has 1 amide bonds. The van der Waals surface area contributed by atoms with Crippen molar-refractivity contribution in [2.75, 3.05) is 23.9 Å². The highest BCUT2D eigenvalue weighted by Gasteiger charge is 2.17. The van der Waals surface area contributed by atoms with Gasteiger partial charge in [0, 0.05) is 42.0 Å². The topological polar surface area (TPSA) is 67.4 Å². The summed E-state index contributed by atoms with van der Waals surface area (Å²) >= 11 is 6.24. The number of aromatic nitrogens is 2. The van der Waals surface area contributed by atoms with Crippen molar-refractivity contribution in [3.63, 3.8) is 0 Å². The third kappa shape index (κ3) is 5.83. The van der Waals surface area contributed by atoms with Gasteiger partial charge in [0.15, 0.2) is 0 Å². The summed E-state index contributed by atoms with van der Waals surface area (Å²) in [5, 5.41) is 4.50. The van der Waals surface area contributed by atoms with Crippen LogP contribution in [0.5, 0.6) is 5.75 Å². The molecular formula is C27H27ClN4O2. The SMILES string of the molecule is CCc1nc(N(CCC(=O)Nc2ccc(OC)cc2)Cc2ccccc2)c2ccc(Cl)cc2n1. The van der Waals surface area contributed by atoms with Gasteiger partial charge in [-0.1, -0.05) is 48.9 Å². The number of carbonyl (C=O) groups excluding carboxylic acids is 1. The summed E-state index contributed by atoms with van der Waals surface area (Å²) in [4.78, 5) is 24.4. The Morgan fingerprint density at radius 3 is 2.50 bits per heavy atom. The number of ether oxygens (including phenoxy) is 1. The molecule has 0 saturated heterocycles. The van der Waals surface area contributed by atoms with Gasteiger partial charge in [0.1, 0.15) is 17.4 Å². The van der Waals surface area contributed by atoms with E-state index in [4.69, 9.17) is 21.3 Å². The molecule has 0 bridgehead atoms. The van der Waals surface area contributed by atoms with Crippen molar-refractivity contribution < 1.29 is 9.53 Å². The zero-order valence-electron chi connectivity index (χ0n) is 19.3. The summed E-state index contributed by atoms with van der Waals surface area (Å²) in [5.41, 5.74) is 2.67. The van der Waals surface area contributed by atoms with Gasteiger partial charge in [0.25, 0.3) is 0 Å². The Balaban J connectivity index is 1.60. The Hall–Kier alpha value is -3.64. The first-order chi connectivity index (χ1) is 16.6. The lowest BCUT2D eigenvalue weighted by Crippen LogP contribution is -2.29. The van der Waals surface area contributed by atoms with E-state index in [1.165, 1.54) is 0 Å². The Morgan fingerprint density at radius 2 is 1.79 bits per heavy atom. The van der Waals surface area contributed by atoms with Gasteiger partial charge in [-0.15, -0.1) is 0 Å². The molecule has 1 heterocycles. The smallest absolute Gasteiger partial charge is 0.226 e. The predicted molar refractivity (Wildman–Crippen MR) is 138 cm³/mol. The van der Waals surface area contributed by atoms with Crippen LogP contribution in [0.25, 0.3) is 10.9 Å². The maximum Gasteiger partial charge on any atom is 0.226 e. The first kappa shape index (κ1) is 23.5. The van der Waals surface area contributed by atoms with Crippen LogP contribution in [0.4, 0.5) is 11.5 Å². The molecule has 6 nitrogen and oxygen atoms in total. The number of rotatable bonds is 9. The quantitative estimate of drug-likeness (QED) is 0.327. The molecule has 0 saturated carbocycles. The summed E-state index contributed by atoms with van der Waals surface area (Å²) in [6.45, 7) is 3.14. The number of nitrogens with zero attached hydrogens (tertiary/aromatic N) is 3. The number of amides is 1. The minimum atomic E-state index is -0.0691. The molecule has 0 aliphatic carbocycles. The maximum atomic E-state index is 12.8. The van der Waals surface area contributed by atoms with E-state index in [0.29, 0.717) is 31.0 Å². The van der Waals surface area contributed by atoms with Crippen molar-refractivity contribution in [1.82, 2.24) is 9.97 Å². The maximum absolute atomic E-state index is 12.8. The number of aryl methyl sites for hydroxylation is 1. The second-order valence-electron chi connectivity index (χ2n) is 7.91. The molecule has 0 spiro atoms. The molecule has 4 rings (SSSR count). The summed E-state index contributed by atoms with van der Waals surface area (Å²) in [6, 6.07) is 23.1. The molecule has 0 radical (unpaired) electrons. The molecule has 34 heavy (non-hydrogen) atoms. The van der Waals surface area contributed by atoms with Crippen LogP contribution in [0, 0.1) is 0 Å². The molecule has 0 atom stereocenters. The molecule has 3 aromatic carbocycles. The number of halogens is 1. The van der Waals surface area contributed by atoms with Gasteiger partial charge in [-0.05, 0) is 48.0 Å². The van der Waals surface area contributed by atoms with E-state index < -0.39 is 0 Å². The average molecular weight is 475 g/mol. The molecule has 7 heteroatoms. The fraction of sp³-hybridized carbons (Fsp3) is 0.222. The van der Waals surface area contributed by atoms with Gasteiger partial charge < -0.3 is 15.0 Å². The van der Waals surface area contributed by atoms with Gasteiger partial charge in [-0.2, -0.15) is 0 Å². The van der Waals surface area contributed by atoms with Crippen molar-refractivity contribution >= 4 is 39.9 Å². The molecule has 0 unspecified atom stereocenters. The summed E-state index contributed by atoms with van der Waals surface area (Å²) < 4.78 is 5.18. The second-order valence-corrected chi connectivity index (χ2v) is 8.35. The predicted octanol–water partition coefficient (Wildman–Crippen LogP) is 5.89. The number of methoxy groups -OCH3 is 1.